The zero-order chi connectivity index (χ0) is 25.8. The van der Waals surface area contributed by atoms with Gasteiger partial charge in [0.15, 0.2) is 9.84 Å². The smallest absolute Gasteiger partial charge is 0.247 e. The number of benzene rings is 3. The highest BCUT2D eigenvalue weighted by molar-refractivity contribution is 7.92. The molecule has 0 unspecified atom stereocenters. The number of hydrogen-bond acceptors (Lipinski definition) is 7. The van der Waals surface area contributed by atoms with Crippen molar-refractivity contribution in [1.82, 2.24) is 9.62 Å². The fraction of sp³-hybridized carbons (Fsp3) is 0.308. The van der Waals surface area contributed by atoms with Crippen LogP contribution in [-0.4, -0.2) is 58.9 Å². The summed E-state index contributed by atoms with van der Waals surface area (Å²) >= 11 is 0. The summed E-state index contributed by atoms with van der Waals surface area (Å²) in [6.45, 7) is 0.435. The Kier molecular flexibility index (Phi) is 7.99. The second-order valence-corrected chi connectivity index (χ2v) is 12.7. The Hall–Kier alpha value is -2.92. The Balaban J connectivity index is 1.75. The summed E-state index contributed by atoms with van der Waals surface area (Å²) < 4.78 is 65.7. The number of ether oxygens (including phenoxy) is 2. The number of sulfone groups is 1. The Morgan fingerprint density at radius 1 is 0.889 bits per heavy atom. The third-order valence-electron chi connectivity index (χ3n) is 6.24. The van der Waals surface area contributed by atoms with E-state index in [0.29, 0.717) is 12.3 Å². The maximum Gasteiger partial charge on any atom is 0.247 e. The van der Waals surface area contributed by atoms with Crippen molar-refractivity contribution in [3.8, 4) is 11.5 Å². The molecule has 1 fully saturated rings. The number of sulfonamides is 1. The van der Waals surface area contributed by atoms with Gasteiger partial charge in [-0.25, -0.2) is 16.8 Å². The van der Waals surface area contributed by atoms with Crippen LogP contribution in [0.2, 0.25) is 0 Å². The molecule has 1 saturated heterocycles. The maximum absolute atomic E-state index is 14.1. The van der Waals surface area contributed by atoms with Crippen molar-refractivity contribution in [3.05, 3.63) is 90.0 Å². The van der Waals surface area contributed by atoms with Crippen LogP contribution in [0, 0.1) is 0 Å². The van der Waals surface area contributed by atoms with Gasteiger partial charge in [0.1, 0.15) is 16.4 Å². The van der Waals surface area contributed by atoms with Gasteiger partial charge in [-0.15, -0.1) is 0 Å². The summed E-state index contributed by atoms with van der Waals surface area (Å²) in [6.07, 6.45) is 0. The van der Waals surface area contributed by atoms with Crippen LogP contribution in [0.4, 0.5) is 0 Å². The topological polar surface area (TPSA) is 102 Å². The van der Waals surface area contributed by atoms with Crippen LogP contribution >= 0.6 is 0 Å². The maximum atomic E-state index is 14.1. The van der Waals surface area contributed by atoms with E-state index < -0.39 is 31.9 Å². The zero-order valence-corrected chi connectivity index (χ0v) is 21.8. The van der Waals surface area contributed by atoms with Crippen molar-refractivity contribution in [2.75, 3.05) is 25.7 Å². The Morgan fingerprint density at radius 3 is 2.14 bits per heavy atom. The van der Waals surface area contributed by atoms with Crippen molar-refractivity contribution in [2.24, 2.45) is 0 Å². The average Bonchev–Trinajstić information content (AvgIpc) is 3.20. The van der Waals surface area contributed by atoms with Crippen LogP contribution in [0.25, 0.3) is 0 Å². The van der Waals surface area contributed by atoms with Crippen LogP contribution < -0.4 is 14.8 Å². The summed E-state index contributed by atoms with van der Waals surface area (Å²) in [5.74, 6) is 0.156. The summed E-state index contributed by atoms with van der Waals surface area (Å²) in [5, 5.41) is 3.30. The molecule has 1 N–H and O–H groups in total. The van der Waals surface area contributed by atoms with E-state index in [1.165, 1.54) is 30.7 Å². The van der Waals surface area contributed by atoms with E-state index in [4.69, 9.17) is 9.47 Å². The van der Waals surface area contributed by atoms with E-state index in [-0.39, 0.29) is 28.7 Å². The van der Waals surface area contributed by atoms with Crippen molar-refractivity contribution in [2.45, 2.75) is 30.1 Å². The van der Waals surface area contributed by atoms with E-state index in [1.54, 1.807) is 6.07 Å². The van der Waals surface area contributed by atoms with Gasteiger partial charge in [0.05, 0.1) is 31.8 Å². The molecule has 0 aliphatic carbocycles. The molecule has 0 amide bonds. The molecule has 0 aromatic heterocycles. The Morgan fingerprint density at radius 2 is 1.53 bits per heavy atom. The van der Waals surface area contributed by atoms with Crippen LogP contribution in [0.3, 0.4) is 0 Å². The minimum atomic E-state index is -4.17. The number of rotatable bonds is 10. The standard InChI is InChI=1S/C26H30N2O6S2/c1-33-22-13-14-26(25(15-22)34-2)36(31,32)28(17-21-11-7-4-8-12-21)24-19-35(29,30)18-23(24)27-16-20-9-5-3-6-10-20/h3-15,23-24,27H,16-19H2,1-2H3/t23-,24-/m0/s1. The van der Waals surface area contributed by atoms with Gasteiger partial charge in [-0.05, 0) is 23.3 Å². The number of methoxy groups -OCH3 is 2. The predicted octanol–water partition coefficient (Wildman–Crippen LogP) is 2.85. The second-order valence-electron chi connectivity index (χ2n) is 8.67. The molecule has 3 aromatic rings. The lowest BCUT2D eigenvalue weighted by Gasteiger charge is -2.32. The molecule has 0 radical (unpaired) electrons. The molecule has 4 rings (SSSR count). The second kappa shape index (κ2) is 11.0. The van der Waals surface area contributed by atoms with E-state index in [2.05, 4.69) is 5.32 Å². The lowest BCUT2D eigenvalue weighted by atomic mass is 10.1. The van der Waals surface area contributed by atoms with Gasteiger partial charge >= 0.3 is 0 Å². The van der Waals surface area contributed by atoms with E-state index in [9.17, 15) is 16.8 Å². The highest BCUT2D eigenvalue weighted by Gasteiger charge is 2.46. The third-order valence-corrected chi connectivity index (χ3v) is 9.87. The first-order chi connectivity index (χ1) is 17.2. The minimum Gasteiger partial charge on any atom is -0.497 e. The molecule has 0 saturated carbocycles. The molecule has 0 spiro atoms. The molecule has 2 atom stereocenters. The number of nitrogens with zero attached hydrogens (tertiary/aromatic N) is 1. The molecular formula is C26H30N2O6S2. The fourth-order valence-electron chi connectivity index (χ4n) is 4.41. The summed E-state index contributed by atoms with van der Waals surface area (Å²) in [6, 6.07) is 21.8. The van der Waals surface area contributed by atoms with Crippen LogP contribution in [0.1, 0.15) is 11.1 Å². The molecule has 1 heterocycles. The highest BCUT2D eigenvalue weighted by Crippen LogP contribution is 2.34. The van der Waals surface area contributed by atoms with Crippen molar-refractivity contribution < 1.29 is 26.3 Å². The molecule has 1 aliphatic rings. The predicted molar refractivity (Wildman–Crippen MR) is 138 cm³/mol. The van der Waals surface area contributed by atoms with Crippen LogP contribution in [0.5, 0.6) is 11.5 Å². The first kappa shape index (κ1) is 26.2. The van der Waals surface area contributed by atoms with Gasteiger partial charge in [0.2, 0.25) is 10.0 Å². The Labute approximate surface area is 212 Å². The normalized spacial score (nSPS) is 19.3. The van der Waals surface area contributed by atoms with Gasteiger partial charge in [-0.3, -0.25) is 0 Å². The average molecular weight is 531 g/mol. The van der Waals surface area contributed by atoms with Gasteiger partial charge in [-0.1, -0.05) is 60.7 Å². The molecule has 3 aromatic carbocycles. The first-order valence-corrected chi connectivity index (χ1v) is 14.7. The highest BCUT2D eigenvalue weighted by atomic mass is 32.2. The van der Waals surface area contributed by atoms with Crippen molar-refractivity contribution >= 4 is 19.9 Å². The van der Waals surface area contributed by atoms with Crippen LogP contribution in [0.15, 0.2) is 83.8 Å². The zero-order valence-electron chi connectivity index (χ0n) is 20.2. The van der Waals surface area contributed by atoms with E-state index in [0.717, 1.165) is 11.1 Å². The minimum absolute atomic E-state index is 0.0159. The van der Waals surface area contributed by atoms with Gasteiger partial charge in [0.25, 0.3) is 0 Å². The fourth-order valence-corrected chi connectivity index (χ4v) is 8.25. The lowest BCUT2D eigenvalue weighted by Crippen LogP contribution is -2.51. The summed E-state index contributed by atoms with van der Waals surface area (Å²) in [4.78, 5) is -0.0483. The number of hydrogen-bond donors (Lipinski definition) is 1. The Bertz CT molecular complexity index is 1380. The lowest BCUT2D eigenvalue weighted by molar-refractivity contribution is 0.285. The van der Waals surface area contributed by atoms with Gasteiger partial charge in [0, 0.05) is 25.2 Å². The van der Waals surface area contributed by atoms with Gasteiger partial charge in [-0.2, -0.15) is 4.31 Å². The molecule has 192 valence electrons. The molecule has 1 aliphatic heterocycles. The molecule has 0 bridgehead atoms. The number of nitrogens with one attached hydrogen (secondary N) is 1. The first-order valence-electron chi connectivity index (χ1n) is 11.5. The van der Waals surface area contributed by atoms with E-state index >= 15 is 0 Å². The quantitative estimate of drug-likeness (QED) is 0.430. The molecule has 10 heteroatoms. The van der Waals surface area contributed by atoms with E-state index in [1.807, 2.05) is 60.7 Å². The molecule has 8 nitrogen and oxygen atoms in total. The monoisotopic (exact) mass is 530 g/mol. The SMILES string of the molecule is COc1ccc(S(=O)(=O)N(Cc2ccccc2)[C@H]2CS(=O)(=O)C[C@@H]2NCc2ccccc2)c(OC)c1. The van der Waals surface area contributed by atoms with Crippen LogP contribution in [-0.2, 0) is 33.0 Å². The molecular weight excluding hydrogens is 500 g/mol. The van der Waals surface area contributed by atoms with Gasteiger partial charge < -0.3 is 14.8 Å². The third kappa shape index (κ3) is 5.89. The largest absolute Gasteiger partial charge is 0.497 e. The van der Waals surface area contributed by atoms with Crippen molar-refractivity contribution in [1.29, 1.82) is 0 Å². The van der Waals surface area contributed by atoms with Crippen molar-refractivity contribution in [3.63, 3.8) is 0 Å². The summed E-state index contributed by atoms with van der Waals surface area (Å²) in [5.41, 5.74) is 1.73. The summed E-state index contributed by atoms with van der Waals surface area (Å²) in [7, 11) is -4.77. The molecule has 36 heavy (non-hydrogen) atoms.